The van der Waals surface area contributed by atoms with E-state index >= 15 is 0 Å². The largest absolute Gasteiger partial charge is 0.494 e. The summed E-state index contributed by atoms with van der Waals surface area (Å²) in [5, 5.41) is 4.40. The Labute approximate surface area is 119 Å². The molecule has 4 heteroatoms. The topological polar surface area (TPSA) is 33.6 Å². The van der Waals surface area contributed by atoms with E-state index in [1.165, 1.54) is 0 Å². The Morgan fingerprint density at radius 2 is 2.11 bits per heavy atom. The molecule has 104 valence electrons. The van der Waals surface area contributed by atoms with Crippen molar-refractivity contribution in [1.29, 1.82) is 0 Å². The number of anilines is 1. The summed E-state index contributed by atoms with van der Waals surface area (Å²) in [5.41, 5.74) is 1.07. The van der Waals surface area contributed by atoms with Crippen molar-refractivity contribution >= 4 is 22.6 Å². The molecule has 1 unspecified atom stereocenters. The summed E-state index contributed by atoms with van der Waals surface area (Å²) in [5.74, 6) is 2.61. The molecule has 1 heterocycles. The first-order valence-corrected chi connectivity index (χ1v) is 7.88. The van der Waals surface area contributed by atoms with Crippen molar-refractivity contribution < 1.29 is 4.74 Å². The molecule has 0 saturated carbocycles. The molecule has 0 aliphatic carbocycles. The second-order valence-electron chi connectivity index (χ2n) is 5.05. The van der Waals surface area contributed by atoms with Gasteiger partial charge in [0, 0.05) is 11.4 Å². The average molecular weight is 278 g/mol. The molecule has 3 nitrogen and oxygen atoms in total. The van der Waals surface area contributed by atoms with Crippen LogP contribution in [0.25, 0.3) is 0 Å². The summed E-state index contributed by atoms with van der Waals surface area (Å²) in [6.45, 7) is 7.32. The standard InChI is InChI=1S/C15H22N2OS/c1-4-9-18-13-7-5-12(6-8-13)16-15-17-14(10-19-15)11(2)3/h5-8,11,14H,4,9-10H2,1-3H3,(H,16,17). The second kappa shape index (κ2) is 6.85. The van der Waals surface area contributed by atoms with Crippen molar-refractivity contribution in [2.24, 2.45) is 10.9 Å². The minimum atomic E-state index is 0.444. The van der Waals surface area contributed by atoms with Crippen LogP contribution in [0, 0.1) is 5.92 Å². The molecule has 19 heavy (non-hydrogen) atoms. The number of nitrogens with zero attached hydrogens (tertiary/aromatic N) is 1. The summed E-state index contributed by atoms with van der Waals surface area (Å²) in [7, 11) is 0. The Morgan fingerprint density at radius 3 is 2.68 bits per heavy atom. The van der Waals surface area contributed by atoms with Gasteiger partial charge in [0.25, 0.3) is 0 Å². The van der Waals surface area contributed by atoms with Gasteiger partial charge < -0.3 is 10.1 Å². The maximum Gasteiger partial charge on any atom is 0.161 e. The lowest BCUT2D eigenvalue weighted by atomic mass is 10.1. The Morgan fingerprint density at radius 1 is 1.37 bits per heavy atom. The molecule has 0 aromatic heterocycles. The van der Waals surface area contributed by atoms with Crippen LogP contribution in [0.1, 0.15) is 27.2 Å². The molecule has 0 amide bonds. The highest BCUT2D eigenvalue weighted by molar-refractivity contribution is 8.14. The molecular formula is C15H22N2OS. The second-order valence-corrected chi connectivity index (χ2v) is 6.06. The number of nitrogens with one attached hydrogen (secondary N) is 1. The van der Waals surface area contributed by atoms with Crippen LogP contribution in [0.2, 0.25) is 0 Å². The number of hydrogen-bond donors (Lipinski definition) is 1. The molecule has 0 fully saturated rings. The fourth-order valence-electron chi connectivity index (χ4n) is 1.78. The predicted octanol–water partition coefficient (Wildman–Crippen LogP) is 4.01. The van der Waals surface area contributed by atoms with Crippen LogP contribution in [0.4, 0.5) is 5.69 Å². The van der Waals surface area contributed by atoms with E-state index in [9.17, 15) is 0 Å². The summed E-state index contributed by atoms with van der Waals surface area (Å²) >= 11 is 1.80. The molecule has 1 atom stereocenters. The summed E-state index contributed by atoms with van der Waals surface area (Å²) < 4.78 is 5.57. The van der Waals surface area contributed by atoms with E-state index in [2.05, 4.69) is 26.1 Å². The summed E-state index contributed by atoms with van der Waals surface area (Å²) in [4.78, 5) is 4.69. The van der Waals surface area contributed by atoms with Crippen molar-refractivity contribution in [3.05, 3.63) is 24.3 Å². The minimum absolute atomic E-state index is 0.444. The molecule has 0 spiro atoms. The highest BCUT2D eigenvalue weighted by Gasteiger charge is 2.20. The minimum Gasteiger partial charge on any atom is -0.494 e. The van der Waals surface area contributed by atoms with Gasteiger partial charge in [0.05, 0.1) is 12.6 Å². The van der Waals surface area contributed by atoms with Crippen LogP contribution in [0.15, 0.2) is 29.3 Å². The van der Waals surface area contributed by atoms with Crippen molar-refractivity contribution in [2.75, 3.05) is 17.7 Å². The van der Waals surface area contributed by atoms with Crippen LogP contribution < -0.4 is 10.1 Å². The third-order valence-corrected chi connectivity index (χ3v) is 4.01. The first-order chi connectivity index (χ1) is 9.19. The van der Waals surface area contributed by atoms with E-state index in [1.807, 2.05) is 24.3 Å². The zero-order valence-corrected chi connectivity index (χ0v) is 12.7. The SMILES string of the molecule is CCCOc1ccc(NC2=NC(C(C)C)CS2)cc1. The van der Waals surface area contributed by atoms with Gasteiger partial charge in [-0.25, -0.2) is 0 Å². The summed E-state index contributed by atoms with van der Waals surface area (Å²) in [6, 6.07) is 8.52. The van der Waals surface area contributed by atoms with Gasteiger partial charge in [0.15, 0.2) is 5.17 Å². The van der Waals surface area contributed by atoms with E-state index in [0.29, 0.717) is 12.0 Å². The highest BCUT2D eigenvalue weighted by atomic mass is 32.2. The number of amidine groups is 1. The van der Waals surface area contributed by atoms with Crippen molar-refractivity contribution in [2.45, 2.75) is 33.2 Å². The molecule has 0 radical (unpaired) electrons. The fourth-order valence-corrected chi connectivity index (χ4v) is 2.97. The normalized spacial score (nSPS) is 18.5. The van der Waals surface area contributed by atoms with Crippen LogP contribution >= 0.6 is 11.8 Å². The molecule has 1 aliphatic rings. The Kier molecular flexibility index (Phi) is 5.14. The first kappa shape index (κ1) is 14.3. The van der Waals surface area contributed by atoms with Gasteiger partial charge in [-0.3, -0.25) is 4.99 Å². The molecule has 1 aliphatic heterocycles. The molecule has 0 saturated heterocycles. The zero-order chi connectivity index (χ0) is 13.7. The van der Waals surface area contributed by atoms with Crippen LogP contribution in [0.5, 0.6) is 5.75 Å². The number of hydrogen-bond acceptors (Lipinski definition) is 4. The van der Waals surface area contributed by atoms with Crippen molar-refractivity contribution in [3.8, 4) is 5.75 Å². The molecular weight excluding hydrogens is 256 g/mol. The number of rotatable bonds is 5. The maximum atomic E-state index is 5.57. The zero-order valence-electron chi connectivity index (χ0n) is 11.8. The molecule has 1 aromatic carbocycles. The molecule has 0 bridgehead atoms. The van der Waals surface area contributed by atoms with Crippen LogP contribution in [0.3, 0.4) is 0 Å². The summed E-state index contributed by atoms with van der Waals surface area (Å²) in [6.07, 6.45) is 1.03. The van der Waals surface area contributed by atoms with Gasteiger partial charge in [-0.2, -0.15) is 0 Å². The number of aliphatic imine (C=N–C) groups is 1. The Bertz CT molecular complexity index is 428. The van der Waals surface area contributed by atoms with Gasteiger partial charge in [-0.05, 0) is 36.6 Å². The molecule has 1 aromatic rings. The lowest BCUT2D eigenvalue weighted by molar-refractivity contribution is 0.317. The highest BCUT2D eigenvalue weighted by Crippen LogP contribution is 2.25. The van der Waals surface area contributed by atoms with E-state index in [4.69, 9.17) is 9.73 Å². The molecule has 2 rings (SSSR count). The number of ether oxygens (including phenoxy) is 1. The maximum absolute atomic E-state index is 5.57. The third-order valence-electron chi connectivity index (χ3n) is 3.02. The van der Waals surface area contributed by atoms with Gasteiger partial charge in [-0.15, -0.1) is 0 Å². The fraction of sp³-hybridized carbons (Fsp3) is 0.533. The average Bonchev–Trinajstić information content (AvgIpc) is 2.87. The number of benzene rings is 1. The van der Waals surface area contributed by atoms with Gasteiger partial charge in [0.1, 0.15) is 5.75 Å². The number of thioether (sulfide) groups is 1. The van der Waals surface area contributed by atoms with Crippen LogP contribution in [-0.2, 0) is 0 Å². The predicted molar refractivity (Wildman–Crippen MR) is 84.4 cm³/mol. The van der Waals surface area contributed by atoms with Gasteiger partial charge in [0.2, 0.25) is 0 Å². The smallest absolute Gasteiger partial charge is 0.161 e. The third kappa shape index (κ3) is 4.16. The first-order valence-electron chi connectivity index (χ1n) is 6.89. The Hall–Kier alpha value is -1.16. The van der Waals surface area contributed by atoms with Gasteiger partial charge >= 0.3 is 0 Å². The Balaban J connectivity index is 1.91. The quantitative estimate of drug-likeness (QED) is 0.883. The lowest BCUT2D eigenvalue weighted by Gasteiger charge is -2.08. The van der Waals surface area contributed by atoms with E-state index in [1.54, 1.807) is 11.8 Å². The monoisotopic (exact) mass is 278 g/mol. The van der Waals surface area contributed by atoms with E-state index in [0.717, 1.165) is 35.4 Å². The molecule has 1 N–H and O–H groups in total. The van der Waals surface area contributed by atoms with Crippen LogP contribution in [-0.4, -0.2) is 23.6 Å². The van der Waals surface area contributed by atoms with Gasteiger partial charge in [-0.1, -0.05) is 32.5 Å². The van der Waals surface area contributed by atoms with Crippen molar-refractivity contribution in [1.82, 2.24) is 0 Å². The van der Waals surface area contributed by atoms with E-state index in [-0.39, 0.29) is 0 Å². The van der Waals surface area contributed by atoms with E-state index < -0.39 is 0 Å². The van der Waals surface area contributed by atoms with Crippen molar-refractivity contribution in [3.63, 3.8) is 0 Å². The lowest BCUT2D eigenvalue weighted by Crippen LogP contribution is -2.12.